The normalized spacial score (nSPS) is 22.2. The van der Waals surface area contributed by atoms with Crippen LogP contribution in [0.5, 0.6) is 0 Å². The van der Waals surface area contributed by atoms with Gasteiger partial charge in [-0.25, -0.2) is 9.97 Å². The van der Waals surface area contributed by atoms with Gasteiger partial charge in [0.1, 0.15) is 5.82 Å². The second-order valence-corrected chi connectivity index (χ2v) is 5.78. The summed E-state index contributed by atoms with van der Waals surface area (Å²) in [6, 6.07) is 6.54. The topological polar surface area (TPSA) is 41.9 Å². The summed E-state index contributed by atoms with van der Waals surface area (Å²) in [6.45, 7) is 7.66. The van der Waals surface area contributed by atoms with Crippen molar-refractivity contribution in [1.82, 2.24) is 15.0 Å². The lowest BCUT2D eigenvalue weighted by atomic mass is 10.1. The van der Waals surface area contributed by atoms with Crippen LogP contribution in [0.3, 0.4) is 0 Å². The van der Waals surface area contributed by atoms with E-state index in [9.17, 15) is 0 Å². The molecule has 0 amide bonds. The van der Waals surface area contributed by atoms with E-state index >= 15 is 0 Å². The van der Waals surface area contributed by atoms with E-state index in [1.807, 2.05) is 25.3 Å². The zero-order chi connectivity index (χ0) is 14.1. The van der Waals surface area contributed by atoms with Crippen molar-refractivity contribution in [3.8, 4) is 11.4 Å². The molecule has 0 saturated carbocycles. The number of aromatic nitrogens is 3. The molecule has 4 heteroatoms. The summed E-state index contributed by atoms with van der Waals surface area (Å²) in [5, 5.41) is 0. The van der Waals surface area contributed by atoms with Gasteiger partial charge in [-0.1, -0.05) is 6.92 Å². The van der Waals surface area contributed by atoms with E-state index in [0.717, 1.165) is 35.4 Å². The van der Waals surface area contributed by atoms with Crippen molar-refractivity contribution in [2.24, 2.45) is 5.92 Å². The second kappa shape index (κ2) is 5.19. The summed E-state index contributed by atoms with van der Waals surface area (Å²) in [7, 11) is 0. The van der Waals surface area contributed by atoms with E-state index in [1.165, 1.54) is 6.42 Å². The molecule has 104 valence electrons. The molecular weight excluding hydrogens is 248 g/mol. The molecule has 4 nitrogen and oxygen atoms in total. The highest BCUT2D eigenvalue weighted by Gasteiger charge is 2.27. The molecule has 3 heterocycles. The van der Waals surface area contributed by atoms with Crippen molar-refractivity contribution in [2.75, 3.05) is 11.4 Å². The van der Waals surface area contributed by atoms with E-state index in [1.54, 1.807) is 6.20 Å². The SMILES string of the molecule is Cc1cc(N2C[C@H](C)C[C@@H]2C)nc(-c2cccnc2)n1. The zero-order valence-corrected chi connectivity index (χ0v) is 12.2. The van der Waals surface area contributed by atoms with Gasteiger partial charge in [0.15, 0.2) is 5.82 Å². The van der Waals surface area contributed by atoms with Gasteiger partial charge in [-0.15, -0.1) is 0 Å². The predicted octanol–water partition coefficient (Wildman–Crippen LogP) is 3.08. The van der Waals surface area contributed by atoms with Gasteiger partial charge in [-0.2, -0.15) is 0 Å². The third-order valence-electron chi connectivity index (χ3n) is 3.84. The fraction of sp³-hybridized carbons (Fsp3) is 0.438. The highest BCUT2D eigenvalue weighted by Crippen LogP contribution is 2.28. The van der Waals surface area contributed by atoms with Crippen LogP contribution in [0.4, 0.5) is 5.82 Å². The molecule has 0 unspecified atom stereocenters. The number of nitrogens with zero attached hydrogens (tertiary/aromatic N) is 4. The summed E-state index contributed by atoms with van der Waals surface area (Å²) < 4.78 is 0. The van der Waals surface area contributed by atoms with Crippen LogP contribution in [0.25, 0.3) is 11.4 Å². The first-order chi connectivity index (χ1) is 9.63. The van der Waals surface area contributed by atoms with Gasteiger partial charge < -0.3 is 4.90 Å². The minimum absolute atomic E-state index is 0.543. The number of aryl methyl sites for hydroxylation is 1. The van der Waals surface area contributed by atoms with Crippen LogP contribution in [-0.4, -0.2) is 27.5 Å². The Morgan fingerprint density at radius 2 is 2.10 bits per heavy atom. The number of hydrogen-bond donors (Lipinski definition) is 0. The highest BCUT2D eigenvalue weighted by molar-refractivity contribution is 5.57. The number of pyridine rings is 1. The van der Waals surface area contributed by atoms with Crippen molar-refractivity contribution < 1.29 is 0 Å². The Balaban J connectivity index is 1.99. The summed E-state index contributed by atoms with van der Waals surface area (Å²) in [4.78, 5) is 15.8. The Hall–Kier alpha value is -1.97. The smallest absolute Gasteiger partial charge is 0.163 e. The molecule has 0 radical (unpaired) electrons. The summed E-state index contributed by atoms with van der Waals surface area (Å²) in [5.41, 5.74) is 1.97. The van der Waals surface area contributed by atoms with Gasteiger partial charge in [-0.05, 0) is 38.3 Å². The van der Waals surface area contributed by atoms with E-state index in [2.05, 4.69) is 34.8 Å². The third-order valence-corrected chi connectivity index (χ3v) is 3.84. The molecule has 1 aliphatic rings. The van der Waals surface area contributed by atoms with Gasteiger partial charge in [0, 0.05) is 42.3 Å². The number of hydrogen-bond acceptors (Lipinski definition) is 4. The maximum Gasteiger partial charge on any atom is 0.163 e. The first-order valence-electron chi connectivity index (χ1n) is 7.16. The summed E-state index contributed by atoms with van der Waals surface area (Å²) in [6.07, 6.45) is 4.81. The van der Waals surface area contributed by atoms with Crippen LogP contribution in [0.2, 0.25) is 0 Å². The van der Waals surface area contributed by atoms with Crippen LogP contribution >= 0.6 is 0 Å². The Morgan fingerprint density at radius 3 is 2.75 bits per heavy atom. The first-order valence-corrected chi connectivity index (χ1v) is 7.16. The van der Waals surface area contributed by atoms with Gasteiger partial charge in [0.25, 0.3) is 0 Å². The molecule has 2 aromatic rings. The lowest BCUT2D eigenvalue weighted by Crippen LogP contribution is -2.27. The van der Waals surface area contributed by atoms with Crippen LogP contribution in [0.1, 0.15) is 26.0 Å². The van der Waals surface area contributed by atoms with Crippen molar-refractivity contribution in [1.29, 1.82) is 0 Å². The van der Waals surface area contributed by atoms with E-state index < -0.39 is 0 Å². The first kappa shape index (κ1) is 13.0. The maximum atomic E-state index is 4.75. The Labute approximate surface area is 119 Å². The molecule has 20 heavy (non-hydrogen) atoms. The van der Waals surface area contributed by atoms with E-state index in [-0.39, 0.29) is 0 Å². The fourth-order valence-electron chi connectivity index (χ4n) is 2.94. The predicted molar refractivity (Wildman–Crippen MR) is 80.6 cm³/mol. The van der Waals surface area contributed by atoms with Gasteiger partial charge in [0.05, 0.1) is 0 Å². The van der Waals surface area contributed by atoms with Gasteiger partial charge in [0.2, 0.25) is 0 Å². The molecule has 1 saturated heterocycles. The third kappa shape index (κ3) is 2.50. The average molecular weight is 268 g/mol. The largest absolute Gasteiger partial charge is 0.354 e. The Bertz CT molecular complexity index is 597. The van der Waals surface area contributed by atoms with Crippen LogP contribution < -0.4 is 4.90 Å². The second-order valence-electron chi connectivity index (χ2n) is 5.78. The zero-order valence-electron chi connectivity index (χ0n) is 12.2. The summed E-state index contributed by atoms with van der Waals surface area (Å²) >= 11 is 0. The maximum absolute atomic E-state index is 4.75. The van der Waals surface area contributed by atoms with E-state index in [0.29, 0.717) is 6.04 Å². The molecule has 1 aliphatic heterocycles. The van der Waals surface area contributed by atoms with Crippen molar-refractivity contribution in [2.45, 2.75) is 33.2 Å². The highest BCUT2D eigenvalue weighted by atomic mass is 15.2. The molecular formula is C16H20N4. The molecule has 0 aliphatic carbocycles. The van der Waals surface area contributed by atoms with Crippen molar-refractivity contribution in [3.05, 3.63) is 36.3 Å². The minimum atomic E-state index is 0.543. The lowest BCUT2D eigenvalue weighted by molar-refractivity contribution is 0.625. The molecule has 0 bridgehead atoms. The molecule has 1 fully saturated rings. The van der Waals surface area contributed by atoms with Crippen molar-refractivity contribution in [3.63, 3.8) is 0 Å². The number of anilines is 1. The lowest BCUT2D eigenvalue weighted by Gasteiger charge is -2.23. The van der Waals surface area contributed by atoms with Gasteiger partial charge >= 0.3 is 0 Å². The number of rotatable bonds is 2. The molecule has 0 N–H and O–H groups in total. The minimum Gasteiger partial charge on any atom is -0.354 e. The molecule has 3 rings (SSSR count). The Kier molecular flexibility index (Phi) is 3.38. The molecule has 2 aromatic heterocycles. The van der Waals surface area contributed by atoms with Crippen LogP contribution in [0.15, 0.2) is 30.6 Å². The summed E-state index contributed by atoms with van der Waals surface area (Å²) in [5.74, 6) is 2.52. The average Bonchev–Trinajstić information content (AvgIpc) is 2.78. The van der Waals surface area contributed by atoms with Crippen LogP contribution in [0, 0.1) is 12.8 Å². The van der Waals surface area contributed by atoms with Crippen LogP contribution in [-0.2, 0) is 0 Å². The molecule has 2 atom stereocenters. The van der Waals surface area contributed by atoms with Gasteiger partial charge in [-0.3, -0.25) is 4.98 Å². The quantitative estimate of drug-likeness (QED) is 0.839. The van der Waals surface area contributed by atoms with E-state index in [4.69, 9.17) is 4.98 Å². The fourth-order valence-corrected chi connectivity index (χ4v) is 2.94. The Morgan fingerprint density at radius 1 is 1.25 bits per heavy atom. The molecule has 0 aromatic carbocycles. The molecule has 0 spiro atoms. The standard InChI is InChI=1S/C16H20N4/c1-11-7-13(3)20(10-11)15-8-12(2)18-16(19-15)14-5-4-6-17-9-14/h4-6,8-9,11,13H,7,10H2,1-3H3/t11-,13+/m1/s1. The monoisotopic (exact) mass is 268 g/mol. The van der Waals surface area contributed by atoms with Crippen molar-refractivity contribution >= 4 is 5.82 Å².